The van der Waals surface area contributed by atoms with Gasteiger partial charge in [0, 0.05) is 11.5 Å². The number of carbonyl (C=O) groups excluding carboxylic acids is 3. The molecule has 0 radical (unpaired) electrons. The molecule has 2 atom stereocenters. The van der Waals surface area contributed by atoms with Gasteiger partial charge in [0.15, 0.2) is 0 Å². The van der Waals surface area contributed by atoms with E-state index in [0.29, 0.717) is 17.1 Å². The number of rotatable bonds is 5. The molecule has 1 aliphatic rings. The Morgan fingerprint density at radius 1 is 1.12 bits per heavy atom. The lowest BCUT2D eigenvalue weighted by Crippen LogP contribution is -2.35. The molecule has 0 spiro atoms. The van der Waals surface area contributed by atoms with Gasteiger partial charge in [-0.3, -0.25) is 9.59 Å². The third-order valence-electron chi connectivity index (χ3n) is 4.14. The second kappa shape index (κ2) is 7.38. The van der Waals surface area contributed by atoms with Crippen LogP contribution >= 0.6 is 0 Å². The fourth-order valence-electron chi connectivity index (χ4n) is 2.97. The van der Waals surface area contributed by atoms with Crippen molar-refractivity contribution >= 4 is 17.7 Å². The van der Waals surface area contributed by atoms with Crippen molar-refractivity contribution in [3.8, 4) is 11.5 Å². The summed E-state index contributed by atoms with van der Waals surface area (Å²) in [6, 6.07) is 4.98. The average molecular weight is 348 g/mol. The standard InChI is InChI=1S/C18H20O7/c1-9(19)14(17(20)23-4)16-12-8-11(22-3)6-7-13(12)25-10(2)15(16)18(21)24-5/h6-8,14,16H,1-5H3/t14-,16+/m0/s1. The van der Waals surface area contributed by atoms with E-state index in [1.807, 2.05) is 0 Å². The van der Waals surface area contributed by atoms with Crippen molar-refractivity contribution in [3.63, 3.8) is 0 Å². The van der Waals surface area contributed by atoms with E-state index < -0.39 is 29.6 Å². The molecule has 0 amide bonds. The van der Waals surface area contributed by atoms with E-state index in [4.69, 9.17) is 18.9 Å². The number of Topliss-reactive ketones (excluding diaryl/α,β-unsaturated/α-hetero) is 1. The summed E-state index contributed by atoms with van der Waals surface area (Å²) in [6.45, 7) is 2.86. The van der Waals surface area contributed by atoms with Gasteiger partial charge >= 0.3 is 11.9 Å². The van der Waals surface area contributed by atoms with Gasteiger partial charge < -0.3 is 18.9 Å². The van der Waals surface area contributed by atoms with Crippen LogP contribution in [-0.4, -0.2) is 39.1 Å². The van der Waals surface area contributed by atoms with Gasteiger partial charge in [-0.25, -0.2) is 4.79 Å². The Labute approximate surface area is 145 Å². The molecule has 1 heterocycles. The molecule has 1 aromatic rings. The quantitative estimate of drug-likeness (QED) is 0.594. The van der Waals surface area contributed by atoms with Crippen molar-refractivity contribution in [3.05, 3.63) is 35.1 Å². The first-order valence-electron chi connectivity index (χ1n) is 7.58. The smallest absolute Gasteiger partial charge is 0.337 e. The van der Waals surface area contributed by atoms with Crippen LogP contribution in [0.4, 0.5) is 0 Å². The third-order valence-corrected chi connectivity index (χ3v) is 4.14. The number of hydrogen-bond acceptors (Lipinski definition) is 7. The second-order valence-electron chi connectivity index (χ2n) is 5.56. The SMILES string of the molecule is COC(=O)C1=C(C)Oc2ccc(OC)cc2[C@@H]1[C@H](C(C)=O)C(=O)OC. The number of benzene rings is 1. The van der Waals surface area contributed by atoms with Gasteiger partial charge in [-0.05, 0) is 32.0 Å². The van der Waals surface area contributed by atoms with Gasteiger partial charge in [-0.2, -0.15) is 0 Å². The molecule has 25 heavy (non-hydrogen) atoms. The van der Waals surface area contributed by atoms with E-state index in [1.54, 1.807) is 25.1 Å². The summed E-state index contributed by atoms with van der Waals surface area (Å²) in [7, 11) is 3.91. The Morgan fingerprint density at radius 3 is 2.32 bits per heavy atom. The molecular formula is C18H20O7. The van der Waals surface area contributed by atoms with E-state index in [1.165, 1.54) is 28.3 Å². The van der Waals surface area contributed by atoms with Gasteiger partial charge in [-0.15, -0.1) is 0 Å². The molecule has 0 aliphatic carbocycles. The minimum absolute atomic E-state index is 0.105. The molecule has 7 nitrogen and oxygen atoms in total. The number of carbonyl (C=O) groups is 3. The van der Waals surface area contributed by atoms with Crippen LogP contribution in [0.5, 0.6) is 11.5 Å². The number of hydrogen-bond donors (Lipinski definition) is 0. The van der Waals surface area contributed by atoms with Gasteiger partial charge in [0.2, 0.25) is 0 Å². The first-order chi connectivity index (χ1) is 11.8. The minimum atomic E-state index is -1.20. The van der Waals surface area contributed by atoms with E-state index in [-0.39, 0.29) is 11.3 Å². The fraction of sp³-hybridized carbons (Fsp3) is 0.389. The summed E-state index contributed by atoms with van der Waals surface area (Å²) < 4.78 is 20.5. The highest BCUT2D eigenvalue weighted by Gasteiger charge is 2.44. The van der Waals surface area contributed by atoms with Crippen molar-refractivity contribution in [2.45, 2.75) is 19.8 Å². The van der Waals surface area contributed by atoms with Crippen LogP contribution in [0, 0.1) is 5.92 Å². The Kier molecular flexibility index (Phi) is 5.46. The first kappa shape index (κ1) is 18.5. The highest BCUT2D eigenvalue weighted by molar-refractivity contribution is 6.02. The Hall–Kier alpha value is -2.83. The maximum Gasteiger partial charge on any atom is 0.337 e. The molecule has 0 saturated carbocycles. The van der Waals surface area contributed by atoms with Crippen molar-refractivity contribution in [2.75, 3.05) is 21.3 Å². The van der Waals surface area contributed by atoms with Crippen LogP contribution in [0.25, 0.3) is 0 Å². The molecule has 1 aliphatic heterocycles. The molecule has 0 aromatic heterocycles. The summed E-state index contributed by atoms with van der Waals surface area (Å²) in [4.78, 5) is 36.8. The van der Waals surface area contributed by atoms with E-state index in [2.05, 4.69) is 0 Å². The van der Waals surface area contributed by atoms with Crippen LogP contribution in [0.2, 0.25) is 0 Å². The van der Waals surface area contributed by atoms with Crippen LogP contribution in [0.3, 0.4) is 0 Å². The zero-order chi connectivity index (χ0) is 18.7. The summed E-state index contributed by atoms with van der Waals surface area (Å²) >= 11 is 0. The van der Waals surface area contributed by atoms with Crippen LogP contribution in [0.15, 0.2) is 29.5 Å². The number of esters is 2. The van der Waals surface area contributed by atoms with E-state index >= 15 is 0 Å². The third kappa shape index (κ3) is 3.35. The van der Waals surface area contributed by atoms with Crippen LogP contribution in [0.1, 0.15) is 25.3 Å². The van der Waals surface area contributed by atoms with Crippen LogP contribution < -0.4 is 9.47 Å². The summed E-state index contributed by atoms with van der Waals surface area (Å²) in [5.41, 5.74) is 0.588. The first-order valence-corrected chi connectivity index (χ1v) is 7.58. The molecule has 0 fully saturated rings. The lowest BCUT2D eigenvalue weighted by Gasteiger charge is -2.31. The van der Waals surface area contributed by atoms with Crippen molar-refractivity contribution < 1.29 is 33.3 Å². The number of ether oxygens (including phenoxy) is 4. The van der Waals surface area contributed by atoms with E-state index in [9.17, 15) is 14.4 Å². The van der Waals surface area contributed by atoms with Gasteiger partial charge in [0.25, 0.3) is 0 Å². The molecule has 1 aromatic carbocycles. The largest absolute Gasteiger partial charge is 0.497 e. The van der Waals surface area contributed by atoms with Crippen LogP contribution in [-0.2, 0) is 23.9 Å². The highest BCUT2D eigenvalue weighted by atomic mass is 16.5. The summed E-state index contributed by atoms with van der Waals surface area (Å²) in [6.07, 6.45) is 0. The van der Waals surface area contributed by atoms with Gasteiger partial charge in [0.05, 0.1) is 26.9 Å². The molecule has 7 heteroatoms. The topological polar surface area (TPSA) is 88.1 Å². The maximum atomic E-state index is 12.3. The zero-order valence-electron chi connectivity index (χ0n) is 14.7. The molecular weight excluding hydrogens is 328 g/mol. The number of ketones is 1. The van der Waals surface area contributed by atoms with Crippen molar-refractivity contribution in [1.82, 2.24) is 0 Å². The molecule has 0 N–H and O–H groups in total. The van der Waals surface area contributed by atoms with Gasteiger partial charge in [0.1, 0.15) is 29.0 Å². The number of fused-ring (bicyclic) bond motifs is 1. The Morgan fingerprint density at radius 2 is 1.80 bits per heavy atom. The second-order valence-corrected chi connectivity index (χ2v) is 5.56. The lowest BCUT2D eigenvalue weighted by atomic mass is 9.76. The average Bonchev–Trinajstić information content (AvgIpc) is 2.60. The lowest BCUT2D eigenvalue weighted by molar-refractivity contribution is -0.149. The molecule has 0 saturated heterocycles. The predicted molar refractivity (Wildman–Crippen MR) is 87.3 cm³/mol. The zero-order valence-corrected chi connectivity index (χ0v) is 14.7. The molecule has 0 unspecified atom stereocenters. The fourth-order valence-corrected chi connectivity index (χ4v) is 2.97. The Bertz CT molecular complexity index is 748. The number of allylic oxidation sites excluding steroid dienone is 1. The minimum Gasteiger partial charge on any atom is -0.497 e. The normalized spacial score (nSPS) is 17.1. The summed E-state index contributed by atoms with van der Waals surface area (Å²) in [5.74, 6) is -2.73. The predicted octanol–water partition coefficient (Wildman–Crippen LogP) is 2.00. The molecule has 2 rings (SSSR count). The van der Waals surface area contributed by atoms with Crippen molar-refractivity contribution in [2.24, 2.45) is 5.92 Å². The maximum absolute atomic E-state index is 12.3. The highest BCUT2D eigenvalue weighted by Crippen LogP contribution is 2.45. The Balaban J connectivity index is 2.74. The summed E-state index contributed by atoms with van der Waals surface area (Å²) in [5, 5.41) is 0. The van der Waals surface area contributed by atoms with E-state index in [0.717, 1.165) is 0 Å². The van der Waals surface area contributed by atoms with Crippen molar-refractivity contribution in [1.29, 1.82) is 0 Å². The molecule has 0 bridgehead atoms. The number of methoxy groups -OCH3 is 3. The monoisotopic (exact) mass is 348 g/mol. The van der Waals surface area contributed by atoms with Gasteiger partial charge in [-0.1, -0.05) is 0 Å². The molecule has 134 valence electrons.